The summed E-state index contributed by atoms with van der Waals surface area (Å²) in [6, 6.07) is 3.64. The van der Waals surface area contributed by atoms with Crippen LogP contribution in [0.15, 0.2) is 17.3 Å². The Labute approximate surface area is 117 Å². The van der Waals surface area contributed by atoms with Crippen LogP contribution in [0.2, 0.25) is 4.34 Å². The molecule has 0 unspecified atom stereocenters. The number of hydrogen-bond acceptors (Lipinski definition) is 5. The van der Waals surface area contributed by atoms with Gasteiger partial charge in [0.05, 0.1) is 9.21 Å². The standard InChI is InChI=1S/C9H7Cl2N3O2S2/c10-7-4-3-6(17-7)8-12-13-9(18(11,15)16)14(8)5-1-2-5/h3-5H,1-2H2. The second-order valence-electron chi connectivity index (χ2n) is 3.95. The smallest absolute Gasteiger partial charge is 0.293 e. The summed E-state index contributed by atoms with van der Waals surface area (Å²) >= 11 is 7.20. The number of rotatable bonds is 3. The highest BCUT2D eigenvalue weighted by Gasteiger charge is 2.34. The summed E-state index contributed by atoms with van der Waals surface area (Å²) in [5, 5.41) is 7.43. The van der Waals surface area contributed by atoms with Crippen LogP contribution in [0.4, 0.5) is 0 Å². The summed E-state index contributed by atoms with van der Waals surface area (Å²) < 4.78 is 25.1. The zero-order valence-corrected chi connectivity index (χ0v) is 12.0. The van der Waals surface area contributed by atoms with Crippen LogP contribution in [-0.4, -0.2) is 23.2 Å². The largest absolute Gasteiger partial charge is 0.296 e. The van der Waals surface area contributed by atoms with Crippen molar-refractivity contribution in [3.8, 4) is 10.7 Å². The maximum Gasteiger partial charge on any atom is 0.296 e. The number of halogens is 2. The molecule has 1 aliphatic carbocycles. The van der Waals surface area contributed by atoms with Gasteiger partial charge in [0.15, 0.2) is 5.82 Å². The van der Waals surface area contributed by atoms with Crippen molar-refractivity contribution in [3.05, 3.63) is 16.5 Å². The lowest BCUT2D eigenvalue weighted by molar-refractivity contribution is 0.579. The Morgan fingerprint density at radius 3 is 2.56 bits per heavy atom. The Morgan fingerprint density at radius 1 is 1.33 bits per heavy atom. The van der Waals surface area contributed by atoms with E-state index in [1.165, 1.54) is 11.3 Å². The maximum atomic E-state index is 11.5. The molecule has 0 atom stereocenters. The Balaban J connectivity index is 2.19. The second kappa shape index (κ2) is 4.19. The lowest BCUT2D eigenvalue weighted by atomic mass is 10.4. The predicted molar refractivity (Wildman–Crippen MR) is 69.7 cm³/mol. The number of aromatic nitrogens is 3. The van der Waals surface area contributed by atoms with Crippen LogP contribution in [-0.2, 0) is 9.05 Å². The number of thiophene rings is 1. The predicted octanol–water partition coefficient (Wildman–Crippen LogP) is 2.92. The second-order valence-corrected chi connectivity index (χ2v) is 8.12. The molecular formula is C9H7Cl2N3O2S2. The average molecular weight is 324 g/mol. The molecule has 96 valence electrons. The summed E-state index contributed by atoms with van der Waals surface area (Å²) in [7, 11) is 1.48. The lowest BCUT2D eigenvalue weighted by Gasteiger charge is -2.05. The van der Waals surface area contributed by atoms with Crippen molar-refractivity contribution in [3.63, 3.8) is 0 Å². The van der Waals surface area contributed by atoms with Crippen molar-refractivity contribution in [2.75, 3.05) is 0 Å². The topological polar surface area (TPSA) is 64.8 Å². The van der Waals surface area contributed by atoms with Crippen LogP contribution in [0.5, 0.6) is 0 Å². The number of nitrogens with zero attached hydrogens (tertiary/aromatic N) is 3. The molecule has 0 aromatic carbocycles. The van der Waals surface area contributed by atoms with Crippen molar-refractivity contribution in [1.29, 1.82) is 0 Å². The van der Waals surface area contributed by atoms with Crippen LogP contribution >= 0.6 is 33.6 Å². The molecular weight excluding hydrogens is 317 g/mol. The Bertz CT molecular complexity index is 703. The minimum atomic E-state index is -3.89. The minimum absolute atomic E-state index is 0.111. The molecule has 0 radical (unpaired) electrons. The molecule has 0 saturated heterocycles. The van der Waals surface area contributed by atoms with E-state index in [0.717, 1.165) is 17.7 Å². The molecule has 0 spiro atoms. The van der Waals surface area contributed by atoms with E-state index >= 15 is 0 Å². The van der Waals surface area contributed by atoms with Gasteiger partial charge in [0.25, 0.3) is 14.2 Å². The molecule has 1 aliphatic rings. The van der Waals surface area contributed by atoms with E-state index in [-0.39, 0.29) is 11.2 Å². The van der Waals surface area contributed by atoms with Gasteiger partial charge in [-0.15, -0.1) is 21.5 Å². The Morgan fingerprint density at radius 2 is 2.06 bits per heavy atom. The van der Waals surface area contributed by atoms with Gasteiger partial charge in [-0.1, -0.05) is 11.6 Å². The maximum absolute atomic E-state index is 11.5. The lowest BCUT2D eigenvalue weighted by Crippen LogP contribution is -2.05. The summed E-state index contributed by atoms with van der Waals surface area (Å²) in [4.78, 5) is 0.783. The van der Waals surface area contributed by atoms with Gasteiger partial charge >= 0.3 is 0 Å². The molecule has 9 heteroatoms. The van der Waals surface area contributed by atoms with Gasteiger partial charge in [-0.25, -0.2) is 8.42 Å². The normalized spacial score (nSPS) is 16.1. The first-order chi connectivity index (χ1) is 8.47. The quantitative estimate of drug-likeness (QED) is 0.814. The SMILES string of the molecule is O=S(=O)(Cl)c1nnc(-c2ccc(Cl)s2)n1C1CC1. The van der Waals surface area contributed by atoms with E-state index in [2.05, 4.69) is 10.2 Å². The molecule has 5 nitrogen and oxygen atoms in total. The van der Waals surface area contributed by atoms with E-state index in [4.69, 9.17) is 22.3 Å². The molecule has 0 amide bonds. The number of hydrogen-bond donors (Lipinski definition) is 0. The van der Waals surface area contributed by atoms with Gasteiger partial charge in [0.2, 0.25) is 0 Å². The van der Waals surface area contributed by atoms with Gasteiger partial charge in [0, 0.05) is 16.7 Å². The van der Waals surface area contributed by atoms with Crippen molar-refractivity contribution in [1.82, 2.24) is 14.8 Å². The van der Waals surface area contributed by atoms with Gasteiger partial charge < -0.3 is 0 Å². The first kappa shape index (κ1) is 12.4. The summed E-state index contributed by atoms with van der Waals surface area (Å²) in [6.45, 7) is 0. The van der Waals surface area contributed by atoms with Crippen LogP contribution in [0.3, 0.4) is 0 Å². The molecule has 0 bridgehead atoms. The van der Waals surface area contributed by atoms with Crippen LogP contribution in [0, 0.1) is 0 Å². The minimum Gasteiger partial charge on any atom is -0.293 e. The van der Waals surface area contributed by atoms with Crippen LogP contribution < -0.4 is 0 Å². The average Bonchev–Trinajstić information content (AvgIpc) is 2.85. The fourth-order valence-corrected chi connectivity index (χ4v) is 3.66. The highest BCUT2D eigenvalue weighted by Crippen LogP contribution is 2.41. The van der Waals surface area contributed by atoms with E-state index in [1.54, 1.807) is 16.7 Å². The molecule has 1 fully saturated rings. The first-order valence-electron chi connectivity index (χ1n) is 5.12. The van der Waals surface area contributed by atoms with E-state index in [1.807, 2.05) is 0 Å². The fourth-order valence-electron chi connectivity index (χ4n) is 1.71. The zero-order valence-electron chi connectivity index (χ0n) is 8.88. The third-order valence-corrected chi connectivity index (χ3v) is 4.94. The van der Waals surface area contributed by atoms with Crippen molar-refractivity contribution >= 4 is 42.7 Å². The van der Waals surface area contributed by atoms with Gasteiger partial charge in [-0.2, -0.15) is 0 Å². The van der Waals surface area contributed by atoms with Gasteiger partial charge in [-0.05, 0) is 25.0 Å². The summed E-state index contributed by atoms with van der Waals surface area (Å²) in [5.41, 5.74) is 0. The Hall–Kier alpha value is -0.630. The fraction of sp³-hybridized carbons (Fsp3) is 0.333. The molecule has 2 heterocycles. The molecule has 0 aliphatic heterocycles. The third-order valence-electron chi connectivity index (χ3n) is 2.59. The third kappa shape index (κ3) is 2.16. The molecule has 3 rings (SSSR count). The highest BCUT2D eigenvalue weighted by atomic mass is 35.7. The highest BCUT2D eigenvalue weighted by molar-refractivity contribution is 8.13. The van der Waals surface area contributed by atoms with Crippen LogP contribution in [0.25, 0.3) is 10.7 Å². The monoisotopic (exact) mass is 323 g/mol. The van der Waals surface area contributed by atoms with E-state index in [0.29, 0.717) is 10.2 Å². The van der Waals surface area contributed by atoms with Gasteiger partial charge in [0.1, 0.15) is 0 Å². The molecule has 18 heavy (non-hydrogen) atoms. The Kier molecular flexibility index (Phi) is 2.89. The van der Waals surface area contributed by atoms with Gasteiger partial charge in [-0.3, -0.25) is 4.57 Å². The van der Waals surface area contributed by atoms with E-state index < -0.39 is 9.05 Å². The first-order valence-corrected chi connectivity index (χ1v) is 8.62. The molecule has 1 saturated carbocycles. The van der Waals surface area contributed by atoms with E-state index in [9.17, 15) is 8.42 Å². The van der Waals surface area contributed by atoms with Crippen LogP contribution in [0.1, 0.15) is 18.9 Å². The van der Waals surface area contributed by atoms with Crippen molar-refractivity contribution in [2.45, 2.75) is 24.0 Å². The summed E-state index contributed by atoms with van der Waals surface area (Å²) in [5.74, 6) is 0.508. The molecule has 0 N–H and O–H groups in total. The zero-order chi connectivity index (χ0) is 12.9. The van der Waals surface area contributed by atoms with Crippen molar-refractivity contribution in [2.24, 2.45) is 0 Å². The summed E-state index contributed by atoms with van der Waals surface area (Å²) in [6.07, 6.45) is 1.81. The van der Waals surface area contributed by atoms with Crippen molar-refractivity contribution < 1.29 is 8.42 Å². The molecule has 2 aromatic rings. The molecule has 2 aromatic heterocycles.